The van der Waals surface area contributed by atoms with E-state index in [2.05, 4.69) is 7.05 Å². The lowest BCUT2D eigenvalue weighted by Crippen LogP contribution is -2.49. The lowest BCUT2D eigenvalue weighted by molar-refractivity contribution is -0.910. The minimum Gasteiger partial charge on any atom is -0.484 e. The van der Waals surface area contributed by atoms with Crippen molar-refractivity contribution in [2.24, 2.45) is 0 Å². The highest BCUT2D eigenvalue weighted by Gasteiger charge is 2.22. The van der Waals surface area contributed by atoms with Gasteiger partial charge in [-0.25, -0.2) is 4.39 Å². The molecule has 0 aliphatic carbocycles. The van der Waals surface area contributed by atoms with E-state index in [0.717, 1.165) is 55.7 Å². The molecule has 0 N–H and O–H groups in total. The Hall–Kier alpha value is -1.13. The average molecular weight is 282 g/mol. The monoisotopic (exact) mass is 282 g/mol. The number of benzene rings is 1. The maximum atomic E-state index is 13.7. The third kappa shape index (κ3) is 4.18. The first-order valence-corrected chi connectivity index (χ1v) is 7.40. The third-order valence-corrected chi connectivity index (χ3v) is 4.01. The first kappa shape index (κ1) is 15.3. The van der Waals surface area contributed by atoms with Gasteiger partial charge in [0.05, 0.1) is 33.4 Å². The summed E-state index contributed by atoms with van der Waals surface area (Å²) >= 11 is 0. The van der Waals surface area contributed by atoms with Crippen molar-refractivity contribution in [3.63, 3.8) is 0 Å². The molecule has 0 aromatic heterocycles. The molecule has 0 saturated carbocycles. The molecule has 20 heavy (non-hydrogen) atoms. The van der Waals surface area contributed by atoms with Crippen LogP contribution >= 0.6 is 0 Å². The van der Waals surface area contributed by atoms with Crippen molar-refractivity contribution in [3.05, 3.63) is 29.6 Å². The molecule has 1 aliphatic rings. The van der Waals surface area contributed by atoms with Crippen LogP contribution in [0.5, 0.6) is 5.75 Å². The fraction of sp³-hybridized carbons (Fsp3) is 0.625. The molecule has 1 aromatic rings. The van der Waals surface area contributed by atoms with Crippen LogP contribution < -0.4 is 4.74 Å². The molecule has 2 rings (SSSR count). The van der Waals surface area contributed by atoms with E-state index >= 15 is 0 Å². The van der Waals surface area contributed by atoms with E-state index in [-0.39, 0.29) is 5.82 Å². The molecule has 112 valence electrons. The lowest BCUT2D eigenvalue weighted by atomic mass is 10.2. The lowest BCUT2D eigenvalue weighted by Gasteiger charge is -2.35. The Kier molecular flexibility index (Phi) is 5.38. The second-order valence-corrected chi connectivity index (χ2v) is 5.84. The predicted octanol–water partition coefficient (Wildman–Crippen LogP) is 2.77. The summed E-state index contributed by atoms with van der Waals surface area (Å²) in [6.07, 6.45) is 2.16. The van der Waals surface area contributed by atoms with Gasteiger partial charge in [0.15, 0.2) is 11.6 Å². The highest BCUT2D eigenvalue weighted by molar-refractivity contribution is 5.33. The van der Waals surface area contributed by atoms with E-state index in [0.29, 0.717) is 12.4 Å². The van der Waals surface area contributed by atoms with Gasteiger partial charge in [0.1, 0.15) is 13.2 Å². The predicted molar refractivity (Wildman–Crippen MR) is 77.5 cm³/mol. The van der Waals surface area contributed by atoms with E-state index in [4.69, 9.17) is 9.47 Å². The van der Waals surface area contributed by atoms with Gasteiger partial charge in [0.2, 0.25) is 0 Å². The Morgan fingerprint density at radius 2 is 1.95 bits per heavy atom. The molecule has 0 radical (unpaired) electrons. The SMILES string of the molecule is Cc1cccc(F)c1OCC[N+]1(C)CCCOCCC1. The zero-order chi connectivity index (χ0) is 14.4. The molecule has 1 saturated heterocycles. The van der Waals surface area contributed by atoms with E-state index < -0.39 is 0 Å². The molecule has 3 nitrogen and oxygen atoms in total. The molecule has 1 aliphatic heterocycles. The second kappa shape index (κ2) is 7.04. The van der Waals surface area contributed by atoms with Crippen molar-refractivity contribution < 1.29 is 18.3 Å². The molecule has 1 fully saturated rings. The number of aryl methyl sites for hydroxylation is 1. The Bertz CT molecular complexity index is 408. The quantitative estimate of drug-likeness (QED) is 0.791. The standard InChI is InChI=1S/C16H25FNO2/c1-14-6-3-7-15(17)16(14)20-13-10-18(2)8-4-11-19-12-5-9-18/h3,6-7H,4-5,8-13H2,1-2H3/q+1. The Balaban J connectivity index is 1.87. The molecular formula is C16H25FNO2+. The van der Waals surface area contributed by atoms with Crippen molar-refractivity contribution >= 4 is 0 Å². The van der Waals surface area contributed by atoms with Gasteiger partial charge < -0.3 is 14.0 Å². The van der Waals surface area contributed by atoms with Crippen LogP contribution in [0.2, 0.25) is 0 Å². The fourth-order valence-electron chi connectivity index (χ4n) is 2.70. The first-order valence-electron chi connectivity index (χ1n) is 7.40. The van der Waals surface area contributed by atoms with Gasteiger partial charge in [-0.3, -0.25) is 0 Å². The maximum Gasteiger partial charge on any atom is 0.165 e. The summed E-state index contributed by atoms with van der Waals surface area (Å²) < 4.78 is 25.8. The van der Waals surface area contributed by atoms with Gasteiger partial charge in [0.25, 0.3) is 0 Å². The summed E-state index contributed by atoms with van der Waals surface area (Å²) in [7, 11) is 2.25. The Labute approximate surface area is 120 Å². The van der Waals surface area contributed by atoms with Gasteiger partial charge in [-0.15, -0.1) is 0 Å². The summed E-state index contributed by atoms with van der Waals surface area (Å²) in [6, 6.07) is 5.04. The van der Waals surface area contributed by atoms with Crippen LogP contribution in [0.15, 0.2) is 18.2 Å². The zero-order valence-corrected chi connectivity index (χ0v) is 12.5. The zero-order valence-electron chi connectivity index (χ0n) is 12.5. The van der Waals surface area contributed by atoms with Crippen LogP contribution in [0.1, 0.15) is 18.4 Å². The van der Waals surface area contributed by atoms with Crippen molar-refractivity contribution in [1.29, 1.82) is 0 Å². The van der Waals surface area contributed by atoms with Crippen molar-refractivity contribution in [2.75, 3.05) is 46.5 Å². The third-order valence-electron chi connectivity index (χ3n) is 4.01. The molecule has 0 atom stereocenters. The van der Waals surface area contributed by atoms with Gasteiger partial charge in [-0.1, -0.05) is 12.1 Å². The number of quaternary nitrogens is 1. The van der Waals surface area contributed by atoms with Gasteiger partial charge in [-0.2, -0.15) is 0 Å². The van der Waals surface area contributed by atoms with Gasteiger partial charge in [0, 0.05) is 12.8 Å². The largest absolute Gasteiger partial charge is 0.484 e. The Morgan fingerprint density at radius 1 is 1.25 bits per heavy atom. The topological polar surface area (TPSA) is 18.5 Å². The van der Waals surface area contributed by atoms with Crippen LogP contribution in [-0.4, -0.2) is 51.0 Å². The number of rotatable bonds is 4. The van der Waals surface area contributed by atoms with Gasteiger partial charge >= 0.3 is 0 Å². The van der Waals surface area contributed by atoms with Crippen LogP contribution in [0.4, 0.5) is 4.39 Å². The molecular weight excluding hydrogens is 257 g/mol. The number of hydrogen-bond donors (Lipinski definition) is 0. The van der Waals surface area contributed by atoms with E-state index in [9.17, 15) is 4.39 Å². The molecule has 1 aromatic carbocycles. The first-order chi connectivity index (χ1) is 9.61. The molecule has 0 spiro atoms. The minimum atomic E-state index is -0.270. The number of hydrogen-bond acceptors (Lipinski definition) is 2. The summed E-state index contributed by atoms with van der Waals surface area (Å²) in [6.45, 7) is 7.23. The number of ether oxygens (including phenoxy) is 2. The second-order valence-electron chi connectivity index (χ2n) is 5.84. The fourth-order valence-corrected chi connectivity index (χ4v) is 2.70. The number of halogens is 1. The highest BCUT2D eigenvalue weighted by atomic mass is 19.1. The van der Waals surface area contributed by atoms with Crippen LogP contribution in [-0.2, 0) is 4.74 Å². The molecule has 1 heterocycles. The summed E-state index contributed by atoms with van der Waals surface area (Å²) in [5.41, 5.74) is 0.855. The van der Waals surface area contributed by atoms with Crippen molar-refractivity contribution in [2.45, 2.75) is 19.8 Å². The molecule has 0 bridgehead atoms. The Morgan fingerprint density at radius 3 is 2.60 bits per heavy atom. The number of para-hydroxylation sites is 1. The van der Waals surface area contributed by atoms with Crippen molar-refractivity contribution in [3.8, 4) is 5.75 Å². The summed E-state index contributed by atoms with van der Waals surface area (Å²) in [5, 5.41) is 0. The molecule has 4 heteroatoms. The summed E-state index contributed by atoms with van der Waals surface area (Å²) in [5.74, 6) is 0.128. The van der Waals surface area contributed by atoms with Crippen LogP contribution in [0.3, 0.4) is 0 Å². The highest BCUT2D eigenvalue weighted by Crippen LogP contribution is 2.21. The maximum absolute atomic E-state index is 13.7. The normalized spacial score (nSPS) is 19.1. The average Bonchev–Trinajstić information content (AvgIpc) is 2.38. The van der Waals surface area contributed by atoms with Crippen molar-refractivity contribution in [1.82, 2.24) is 0 Å². The minimum absolute atomic E-state index is 0.270. The van der Waals surface area contributed by atoms with Crippen LogP contribution in [0.25, 0.3) is 0 Å². The van der Waals surface area contributed by atoms with E-state index in [1.54, 1.807) is 6.07 Å². The smallest absolute Gasteiger partial charge is 0.165 e. The molecule has 0 amide bonds. The molecule has 0 unspecified atom stereocenters. The van der Waals surface area contributed by atoms with E-state index in [1.165, 1.54) is 6.07 Å². The number of likely N-dealkylation sites (N-methyl/N-ethyl adjacent to an activating group) is 1. The number of nitrogens with zero attached hydrogens (tertiary/aromatic N) is 1. The van der Waals surface area contributed by atoms with Crippen LogP contribution in [0, 0.1) is 12.7 Å². The summed E-state index contributed by atoms with van der Waals surface area (Å²) in [4.78, 5) is 0. The van der Waals surface area contributed by atoms with Gasteiger partial charge in [-0.05, 0) is 18.6 Å². The van der Waals surface area contributed by atoms with E-state index in [1.807, 2.05) is 13.0 Å².